The molecule has 3 heteroatoms. The third-order valence-electron chi connectivity index (χ3n) is 2.39. The summed E-state index contributed by atoms with van der Waals surface area (Å²) in [6, 6.07) is 10.2. The predicted molar refractivity (Wildman–Crippen MR) is 79.1 cm³/mol. The fourth-order valence-electron chi connectivity index (χ4n) is 1.63. The van der Waals surface area contributed by atoms with E-state index in [-0.39, 0.29) is 0 Å². The molecule has 0 aliphatic carbocycles. The summed E-state index contributed by atoms with van der Waals surface area (Å²) in [5.74, 6) is 6.26. The third kappa shape index (κ3) is 3.61. The second kappa shape index (κ2) is 6.06. The maximum atomic E-state index is 6.02. The highest BCUT2D eigenvalue weighted by Crippen LogP contribution is 2.21. The molecule has 0 amide bonds. The van der Waals surface area contributed by atoms with E-state index >= 15 is 0 Å². The molecule has 0 aliphatic heterocycles. The Balaban J connectivity index is 2.20. The molecule has 1 nitrogen and oxygen atoms in total. The highest BCUT2D eigenvalue weighted by Gasteiger charge is 1.98. The van der Waals surface area contributed by atoms with Crippen LogP contribution in [0.1, 0.15) is 16.7 Å². The Morgan fingerprint density at radius 3 is 2.72 bits per heavy atom. The zero-order valence-electron chi connectivity index (χ0n) is 10.4. The van der Waals surface area contributed by atoms with Gasteiger partial charge in [-0.2, -0.15) is 0 Å². The number of hydrogen-bond acceptors (Lipinski definition) is 2. The molecule has 0 radical (unpaired) electrons. The van der Waals surface area contributed by atoms with Crippen molar-refractivity contribution in [1.29, 1.82) is 0 Å². The summed E-state index contributed by atoms with van der Waals surface area (Å²) in [6.45, 7) is 0.925. The Morgan fingerprint density at radius 2 is 2.06 bits per heavy atom. The standard InChI is InChI=1S/C15H14ClNS/c1-17(2)11-13-5-3-4-12(10-13)6-7-14-8-9-18-15(14)16/h3-5,8-10H,11H2,1-2H3. The van der Waals surface area contributed by atoms with Crippen LogP contribution in [-0.2, 0) is 6.54 Å². The highest BCUT2D eigenvalue weighted by molar-refractivity contribution is 7.14. The van der Waals surface area contributed by atoms with E-state index in [0.29, 0.717) is 0 Å². The van der Waals surface area contributed by atoms with Crippen LogP contribution in [0.3, 0.4) is 0 Å². The van der Waals surface area contributed by atoms with Gasteiger partial charge in [0.1, 0.15) is 4.34 Å². The molecule has 0 unspecified atom stereocenters. The van der Waals surface area contributed by atoms with Gasteiger partial charge in [0.25, 0.3) is 0 Å². The van der Waals surface area contributed by atoms with Crippen molar-refractivity contribution in [1.82, 2.24) is 4.90 Å². The van der Waals surface area contributed by atoms with Gasteiger partial charge >= 0.3 is 0 Å². The number of benzene rings is 1. The number of thiophene rings is 1. The van der Waals surface area contributed by atoms with Crippen molar-refractivity contribution in [2.45, 2.75) is 6.54 Å². The van der Waals surface area contributed by atoms with Crippen LogP contribution in [0.4, 0.5) is 0 Å². The molecule has 0 N–H and O–H groups in total. The third-order valence-corrected chi connectivity index (χ3v) is 3.56. The summed E-state index contributed by atoms with van der Waals surface area (Å²) in [5.41, 5.74) is 3.19. The molecule has 1 aromatic carbocycles. The monoisotopic (exact) mass is 275 g/mol. The Bertz CT molecular complexity index is 590. The maximum Gasteiger partial charge on any atom is 0.109 e. The van der Waals surface area contributed by atoms with Crippen LogP contribution >= 0.6 is 22.9 Å². The first-order valence-electron chi connectivity index (χ1n) is 5.64. The zero-order chi connectivity index (χ0) is 13.0. The van der Waals surface area contributed by atoms with Crippen LogP contribution in [0.15, 0.2) is 35.7 Å². The van der Waals surface area contributed by atoms with Gasteiger partial charge in [0, 0.05) is 12.1 Å². The molecule has 0 saturated heterocycles. The van der Waals surface area contributed by atoms with E-state index < -0.39 is 0 Å². The van der Waals surface area contributed by atoms with Gasteiger partial charge in [-0.1, -0.05) is 35.6 Å². The van der Waals surface area contributed by atoms with Gasteiger partial charge in [-0.25, -0.2) is 0 Å². The first-order chi connectivity index (χ1) is 8.65. The average molecular weight is 276 g/mol. The summed E-state index contributed by atoms with van der Waals surface area (Å²) in [5, 5.41) is 1.95. The number of nitrogens with zero attached hydrogens (tertiary/aromatic N) is 1. The molecule has 18 heavy (non-hydrogen) atoms. The lowest BCUT2D eigenvalue weighted by molar-refractivity contribution is 0.402. The SMILES string of the molecule is CN(C)Cc1cccc(C#Cc2ccsc2Cl)c1. The van der Waals surface area contributed by atoms with E-state index in [1.165, 1.54) is 16.9 Å². The molecule has 0 saturated carbocycles. The van der Waals surface area contributed by atoms with E-state index in [0.717, 1.165) is 22.0 Å². The Labute approximate surface area is 117 Å². The lowest BCUT2D eigenvalue weighted by Gasteiger charge is -2.09. The van der Waals surface area contributed by atoms with Crippen molar-refractivity contribution in [2.75, 3.05) is 14.1 Å². The molecule has 0 fully saturated rings. The summed E-state index contributed by atoms with van der Waals surface area (Å²) in [7, 11) is 4.12. The van der Waals surface area contributed by atoms with Crippen LogP contribution in [0.25, 0.3) is 0 Å². The van der Waals surface area contributed by atoms with Crippen molar-refractivity contribution in [3.8, 4) is 11.8 Å². The fraction of sp³-hybridized carbons (Fsp3) is 0.200. The second-order valence-corrected chi connectivity index (χ2v) is 5.81. The van der Waals surface area contributed by atoms with Gasteiger partial charge in [-0.3, -0.25) is 0 Å². The summed E-state index contributed by atoms with van der Waals surface area (Å²) in [4.78, 5) is 2.14. The molecule has 92 valence electrons. The highest BCUT2D eigenvalue weighted by atomic mass is 35.5. The first kappa shape index (κ1) is 13.2. The second-order valence-electron chi connectivity index (χ2n) is 4.30. The predicted octanol–water partition coefficient (Wildman–Crippen LogP) is 3.86. The van der Waals surface area contributed by atoms with E-state index in [1.54, 1.807) is 0 Å². The smallest absolute Gasteiger partial charge is 0.109 e. The number of rotatable bonds is 2. The van der Waals surface area contributed by atoms with E-state index in [4.69, 9.17) is 11.6 Å². The maximum absolute atomic E-state index is 6.02. The van der Waals surface area contributed by atoms with Gasteiger partial charge in [-0.15, -0.1) is 11.3 Å². The molecular weight excluding hydrogens is 262 g/mol. The van der Waals surface area contributed by atoms with Crippen LogP contribution < -0.4 is 0 Å². The molecule has 1 heterocycles. The van der Waals surface area contributed by atoms with Crippen molar-refractivity contribution >= 4 is 22.9 Å². The number of hydrogen-bond donors (Lipinski definition) is 0. The minimum Gasteiger partial charge on any atom is -0.305 e. The molecule has 2 aromatic rings. The molecule has 0 atom stereocenters. The summed E-state index contributed by atoms with van der Waals surface area (Å²) in [6.07, 6.45) is 0. The van der Waals surface area contributed by atoms with Gasteiger partial charge in [0.2, 0.25) is 0 Å². The molecule has 0 aliphatic rings. The minimum atomic E-state index is 0.756. The van der Waals surface area contributed by atoms with Gasteiger partial charge in [0.15, 0.2) is 0 Å². The van der Waals surface area contributed by atoms with Crippen molar-refractivity contribution in [3.63, 3.8) is 0 Å². The van der Waals surface area contributed by atoms with E-state index in [1.807, 2.05) is 23.6 Å². The normalized spacial score (nSPS) is 10.2. The zero-order valence-corrected chi connectivity index (χ0v) is 12.0. The molecule has 1 aromatic heterocycles. The quantitative estimate of drug-likeness (QED) is 0.752. The first-order valence-corrected chi connectivity index (χ1v) is 6.89. The Kier molecular flexibility index (Phi) is 4.43. The van der Waals surface area contributed by atoms with Crippen molar-refractivity contribution in [2.24, 2.45) is 0 Å². The Hall–Kier alpha value is -1.27. The summed E-state index contributed by atoms with van der Waals surface area (Å²) >= 11 is 7.52. The lowest BCUT2D eigenvalue weighted by Crippen LogP contribution is -2.10. The largest absolute Gasteiger partial charge is 0.305 e. The van der Waals surface area contributed by atoms with Crippen LogP contribution in [0.5, 0.6) is 0 Å². The average Bonchev–Trinajstić information content (AvgIpc) is 2.72. The fourth-order valence-corrected chi connectivity index (χ4v) is 2.47. The van der Waals surface area contributed by atoms with E-state index in [2.05, 4.69) is 43.0 Å². The number of halogens is 1. The van der Waals surface area contributed by atoms with Gasteiger partial charge < -0.3 is 4.90 Å². The lowest BCUT2D eigenvalue weighted by atomic mass is 10.1. The van der Waals surface area contributed by atoms with Crippen LogP contribution in [0, 0.1) is 11.8 Å². The van der Waals surface area contributed by atoms with Crippen molar-refractivity contribution in [3.05, 3.63) is 56.7 Å². The minimum absolute atomic E-state index is 0.756. The summed E-state index contributed by atoms with van der Waals surface area (Å²) < 4.78 is 0.756. The topological polar surface area (TPSA) is 3.24 Å². The molecule has 0 bridgehead atoms. The van der Waals surface area contributed by atoms with Crippen molar-refractivity contribution < 1.29 is 0 Å². The van der Waals surface area contributed by atoms with Crippen LogP contribution in [-0.4, -0.2) is 19.0 Å². The Morgan fingerprint density at radius 1 is 1.22 bits per heavy atom. The molecular formula is C15H14ClNS. The molecule has 2 rings (SSSR count). The van der Waals surface area contributed by atoms with Crippen LogP contribution in [0.2, 0.25) is 4.34 Å². The molecule has 0 spiro atoms. The van der Waals surface area contributed by atoms with E-state index in [9.17, 15) is 0 Å². The van der Waals surface area contributed by atoms with Gasteiger partial charge in [-0.05, 0) is 43.2 Å². The van der Waals surface area contributed by atoms with Gasteiger partial charge in [0.05, 0.1) is 5.56 Å².